The molecule has 3 N–H and O–H groups in total. The third-order valence-electron chi connectivity index (χ3n) is 2.63. The zero-order chi connectivity index (χ0) is 14.2. The van der Waals surface area contributed by atoms with Crippen molar-refractivity contribution >= 4 is 48.9 Å². The minimum absolute atomic E-state index is 0.278. The largest absolute Gasteiger partial charge is 0.397 e. The van der Waals surface area contributed by atoms with Crippen molar-refractivity contribution in [2.24, 2.45) is 0 Å². The smallest absolute Gasteiger partial charge is 0.139 e. The molecule has 0 bridgehead atoms. The number of halogens is 4. The minimum atomic E-state index is -0.431. The molecule has 0 aromatic heterocycles. The van der Waals surface area contributed by atoms with Gasteiger partial charge in [0.15, 0.2) is 0 Å². The lowest BCUT2D eigenvalue weighted by Gasteiger charge is -2.13. The molecule has 0 saturated carbocycles. The molecule has 0 radical (unpaired) electrons. The van der Waals surface area contributed by atoms with Crippen LogP contribution in [-0.4, -0.2) is 0 Å². The molecule has 19 heavy (non-hydrogen) atoms. The fraction of sp³-hybridized carbons (Fsp3) is 0.0769. The van der Waals surface area contributed by atoms with E-state index in [1.165, 1.54) is 12.1 Å². The lowest BCUT2D eigenvalue weighted by molar-refractivity contribution is 0.620. The van der Waals surface area contributed by atoms with Gasteiger partial charge in [0.1, 0.15) is 11.6 Å². The van der Waals surface area contributed by atoms with Gasteiger partial charge in [0.2, 0.25) is 0 Å². The van der Waals surface area contributed by atoms with Crippen LogP contribution in [0.2, 0.25) is 0 Å². The summed E-state index contributed by atoms with van der Waals surface area (Å²) in [5, 5.41) is 3.06. The van der Waals surface area contributed by atoms with Gasteiger partial charge < -0.3 is 11.1 Å². The number of benzene rings is 2. The Morgan fingerprint density at radius 1 is 0.947 bits per heavy atom. The van der Waals surface area contributed by atoms with Crippen LogP contribution < -0.4 is 11.1 Å². The van der Waals surface area contributed by atoms with Gasteiger partial charge in [-0.1, -0.05) is 0 Å². The van der Waals surface area contributed by atoms with Gasteiger partial charge in [-0.2, -0.15) is 0 Å². The fourth-order valence-electron chi connectivity index (χ4n) is 1.60. The van der Waals surface area contributed by atoms with Crippen LogP contribution in [0.25, 0.3) is 0 Å². The van der Waals surface area contributed by atoms with Crippen LogP contribution in [0, 0.1) is 18.6 Å². The summed E-state index contributed by atoms with van der Waals surface area (Å²) < 4.78 is 27.3. The molecular formula is C13H10Br2F2N2. The minimum Gasteiger partial charge on any atom is -0.397 e. The maximum absolute atomic E-state index is 13.3. The highest BCUT2D eigenvalue weighted by Crippen LogP contribution is 2.32. The normalized spacial score (nSPS) is 10.6. The van der Waals surface area contributed by atoms with Crippen molar-refractivity contribution in [3.8, 4) is 0 Å². The molecule has 0 unspecified atom stereocenters. The number of anilines is 3. The Kier molecular flexibility index (Phi) is 4.10. The van der Waals surface area contributed by atoms with E-state index in [9.17, 15) is 8.78 Å². The Morgan fingerprint density at radius 2 is 1.47 bits per heavy atom. The maximum Gasteiger partial charge on any atom is 0.139 e. The van der Waals surface area contributed by atoms with Crippen LogP contribution in [0.4, 0.5) is 25.8 Å². The van der Waals surface area contributed by atoms with Crippen molar-refractivity contribution < 1.29 is 8.78 Å². The molecule has 100 valence electrons. The lowest BCUT2D eigenvalue weighted by atomic mass is 10.1. The number of rotatable bonds is 2. The van der Waals surface area contributed by atoms with Gasteiger partial charge >= 0.3 is 0 Å². The van der Waals surface area contributed by atoms with Gasteiger partial charge in [-0.3, -0.25) is 0 Å². The van der Waals surface area contributed by atoms with E-state index < -0.39 is 5.82 Å². The first-order valence-electron chi connectivity index (χ1n) is 5.35. The third kappa shape index (κ3) is 3.06. The van der Waals surface area contributed by atoms with Gasteiger partial charge in [0.25, 0.3) is 0 Å². The molecule has 0 atom stereocenters. The molecule has 6 heteroatoms. The highest BCUT2D eigenvalue weighted by molar-refractivity contribution is 9.10. The van der Waals surface area contributed by atoms with Gasteiger partial charge in [0.05, 0.1) is 20.3 Å². The van der Waals surface area contributed by atoms with Crippen molar-refractivity contribution in [2.75, 3.05) is 11.1 Å². The van der Waals surface area contributed by atoms with E-state index in [1.807, 2.05) is 0 Å². The van der Waals surface area contributed by atoms with E-state index in [-0.39, 0.29) is 11.5 Å². The van der Waals surface area contributed by atoms with Gasteiger partial charge in [0, 0.05) is 11.8 Å². The Hall–Kier alpha value is -1.14. The molecule has 2 aromatic rings. The highest BCUT2D eigenvalue weighted by Gasteiger charge is 2.09. The molecule has 0 aliphatic heterocycles. The summed E-state index contributed by atoms with van der Waals surface area (Å²) >= 11 is 6.22. The first kappa shape index (κ1) is 14.3. The molecule has 0 saturated heterocycles. The van der Waals surface area contributed by atoms with Gasteiger partial charge in [-0.25, -0.2) is 8.78 Å². The zero-order valence-corrected chi connectivity index (χ0v) is 13.1. The Morgan fingerprint density at radius 3 is 2.11 bits per heavy atom. The standard InChI is InChI=1S/C13H10Br2F2N2/c1-6-2-9(16)7(14)3-12(6)19-13-4-8(15)10(17)5-11(13)18/h2-5,19H,18H2,1H3. The first-order chi connectivity index (χ1) is 8.88. The monoisotopic (exact) mass is 390 g/mol. The van der Waals surface area contributed by atoms with Crippen LogP contribution in [0.3, 0.4) is 0 Å². The molecule has 0 spiro atoms. The lowest BCUT2D eigenvalue weighted by Crippen LogP contribution is -2.00. The van der Waals surface area contributed by atoms with Crippen molar-refractivity contribution in [3.63, 3.8) is 0 Å². The summed E-state index contributed by atoms with van der Waals surface area (Å²) in [7, 11) is 0. The van der Waals surface area contributed by atoms with Crippen LogP contribution >= 0.6 is 31.9 Å². The number of hydrogen-bond acceptors (Lipinski definition) is 2. The van der Waals surface area contributed by atoms with E-state index in [2.05, 4.69) is 37.2 Å². The highest BCUT2D eigenvalue weighted by atomic mass is 79.9. The summed E-state index contributed by atoms with van der Waals surface area (Å²) in [5.74, 6) is -0.767. The van der Waals surface area contributed by atoms with Gasteiger partial charge in [-0.05, 0) is 62.5 Å². The molecule has 2 aromatic carbocycles. The molecule has 0 aliphatic carbocycles. The zero-order valence-electron chi connectivity index (χ0n) is 9.90. The second-order valence-corrected chi connectivity index (χ2v) is 5.77. The number of hydrogen-bond donors (Lipinski definition) is 2. The number of nitrogens with one attached hydrogen (secondary N) is 1. The SMILES string of the molecule is Cc1cc(F)c(Br)cc1Nc1cc(Br)c(F)cc1N. The fourth-order valence-corrected chi connectivity index (χ4v) is 2.28. The average Bonchev–Trinajstić information content (AvgIpc) is 2.32. The van der Waals surface area contributed by atoms with Crippen LogP contribution in [0.5, 0.6) is 0 Å². The van der Waals surface area contributed by atoms with E-state index in [1.54, 1.807) is 19.1 Å². The Balaban J connectivity index is 2.42. The van der Waals surface area contributed by atoms with Crippen LogP contribution in [0.15, 0.2) is 33.2 Å². The third-order valence-corrected chi connectivity index (χ3v) is 3.84. The van der Waals surface area contributed by atoms with Crippen LogP contribution in [0.1, 0.15) is 5.56 Å². The quantitative estimate of drug-likeness (QED) is 0.697. The molecule has 0 heterocycles. The molecule has 0 amide bonds. The predicted molar refractivity (Wildman–Crippen MR) is 80.6 cm³/mol. The molecule has 0 fully saturated rings. The first-order valence-corrected chi connectivity index (χ1v) is 6.94. The summed E-state index contributed by atoms with van der Waals surface area (Å²) in [6.45, 7) is 1.77. The van der Waals surface area contributed by atoms with E-state index >= 15 is 0 Å². The summed E-state index contributed by atoms with van der Waals surface area (Å²) in [4.78, 5) is 0. The van der Waals surface area contributed by atoms with E-state index in [0.717, 1.165) is 5.56 Å². The summed E-state index contributed by atoms with van der Waals surface area (Å²) in [6, 6.07) is 5.78. The van der Waals surface area contributed by atoms with Crippen molar-refractivity contribution in [1.29, 1.82) is 0 Å². The average molecular weight is 392 g/mol. The molecule has 0 aliphatic rings. The van der Waals surface area contributed by atoms with Crippen molar-refractivity contribution in [3.05, 3.63) is 50.4 Å². The molecule has 2 rings (SSSR count). The topological polar surface area (TPSA) is 38.0 Å². The summed E-state index contributed by atoms with van der Waals surface area (Å²) in [5.41, 5.74) is 7.99. The van der Waals surface area contributed by atoms with Gasteiger partial charge in [-0.15, -0.1) is 0 Å². The molecule has 2 nitrogen and oxygen atoms in total. The van der Waals surface area contributed by atoms with Crippen molar-refractivity contribution in [2.45, 2.75) is 6.92 Å². The predicted octanol–water partition coefficient (Wildman–Crippen LogP) is 5.12. The second kappa shape index (κ2) is 5.46. The van der Waals surface area contributed by atoms with E-state index in [0.29, 0.717) is 20.3 Å². The van der Waals surface area contributed by atoms with Crippen LogP contribution in [-0.2, 0) is 0 Å². The number of nitrogen functional groups attached to an aromatic ring is 1. The Bertz CT molecular complexity index is 590. The number of aryl methyl sites for hydroxylation is 1. The van der Waals surface area contributed by atoms with E-state index in [4.69, 9.17) is 5.73 Å². The number of nitrogens with two attached hydrogens (primary N) is 1. The molecular weight excluding hydrogens is 382 g/mol. The summed E-state index contributed by atoms with van der Waals surface area (Å²) in [6.07, 6.45) is 0. The van der Waals surface area contributed by atoms with Crippen molar-refractivity contribution in [1.82, 2.24) is 0 Å². The second-order valence-electron chi connectivity index (χ2n) is 4.06. The maximum atomic E-state index is 13.3. The Labute approximate surface area is 126 Å².